The zero-order valence-electron chi connectivity index (χ0n) is 19.7. The van der Waals surface area contributed by atoms with E-state index in [1.165, 1.54) is 6.07 Å². The summed E-state index contributed by atoms with van der Waals surface area (Å²) in [5.74, 6) is 0.721. The molecule has 6 nitrogen and oxygen atoms in total. The smallest absolute Gasteiger partial charge is 0.345 e. The fourth-order valence-corrected chi connectivity index (χ4v) is 3.52. The number of hydrogen-bond donors (Lipinski definition) is 0. The van der Waals surface area contributed by atoms with Crippen LogP contribution in [0.2, 0.25) is 0 Å². The highest BCUT2D eigenvalue weighted by atomic mass is 16.5. The molecule has 0 amide bonds. The van der Waals surface area contributed by atoms with E-state index in [0.717, 1.165) is 23.0 Å². The van der Waals surface area contributed by atoms with Gasteiger partial charge in [-0.25, -0.2) is 4.79 Å². The number of esters is 1. The van der Waals surface area contributed by atoms with Gasteiger partial charge in [-0.2, -0.15) is 0 Å². The summed E-state index contributed by atoms with van der Waals surface area (Å²) in [6.45, 7) is 4.48. The Balaban J connectivity index is 1.67. The molecule has 4 rings (SSSR count). The van der Waals surface area contributed by atoms with Gasteiger partial charge in [-0.1, -0.05) is 60.7 Å². The first-order chi connectivity index (χ1) is 17.0. The van der Waals surface area contributed by atoms with Crippen LogP contribution in [-0.4, -0.2) is 12.6 Å². The Kier molecular flexibility index (Phi) is 7.63. The molecule has 0 saturated carbocycles. The molecule has 0 aliphatic rings. The minimum Gasteiger partial charge on any atom is -0.488 e. The number of ether oxygens (including phenoxy) is 3. The van der Waals surface area contributed by atoms with E-state index >= 15 is 0 Å². The Morgan fingerprint density at radius 2 is 1.43 bits per heavy atom. The highest BCUT2D eigenvalue weighted by Crippen LogP contribution is 2.36. The third-order valence-electron chi connectivity index (χ3n) is 5.34. The van der Waals surface area contributed by atoms with E-state index in [1.54, 1.807) is 13.0 Å². The standard InChI is InChI=1S/C29H26O6/c1-3-32-29(31)24-19-35-27(15-25(24)30)23-14-20(2)26(33-17-21-10-6-4-7-11-21)16-28(23)34-18-22-12-8-5-9-13-22/h4-16,19H,3,17-18H2,1-2H3. The first-order valence-electron chi connectivity index (χ1n) is 11.3. The van der Waals surface area contributed by atoms with Crippen molar-refractivity contribution in [2.75, 3.05) is 6.61 Å². The van der Waals surface area contributed by atoms with E-state index in [4.69, 9.17) is 18.6 Å². The molecule has 178 valence electrons. The minimum absolute atomic E-state index is 0.151. The Morgan fingerprint density at radius 1 is 0.829 bits per heavy atom. The summed E-state index contributed by atoms with van der Waals surface area (Å²) in [5.41, 5.74) is 2.83. The number of benzene rings is 3. The maximum absolute atomic E-state index is 12.6. The van der Waals surface area contributed by atoms with Crippen LogP contribution < -0.4 is 14.9 Å². The van der Waals surface area contributed by atoms with Crippen LogP contribution >= 0.6 is 0 Å². The molecule has 0 unspecified atom stereocenters. The lowest BCUT2D eigenvalue weighted by molar-refractivity contribution is 0.0522. The van der Waals surface area contributed by atoms with Crippen molar-refractivity contribution in [3.63, 3.8) is 0 Å². The molecule has 3 aromatic carbocycles. The van der Waals surface area contributed by atoms with Gasteiger partial charge in [0.15, 0.2) is 5.43 Å². The molecule has 6 heteroatoms. The molecule has 0 bridgehead atoms. The molecule has 0 fully saturated rings. The van der Waals surface area contributed by atoms with Crippen LogP contribution in [0.4, 0.5) is 0 Å². The molecular weight excluding hydrogens is 444 g/mol. The predicted molar refractivity (Wildman–Crippen MR) is 133 cm³/mol. The average Bonchev–Trinajstić information content (AvgIpc) is 2.88. The molecule has 35 heavy (non-hydrogen) atoms. The molecule has 0 atom stereocenters. The van der Waals surface area contributed by atoms with E-state index in [0.29, 0.717) is 30.3 Å². The quantitative estimate of drug-likeness (QED) is 0.282. The van der Waals surface area contributed by atoms with Crippen molar-refractivity contribution in [1.29, 1.82) is 0 Å². The van der Waals surface area contributed by atoms with Crippen molar-refractivity contribution >= 4 is 5.97 Å². The van der Waals surface area contributed by atoms with Crippen molar-refractivity contribution < 1.29 is 23.4 Å². The van der Waals surface area contributed by atoms with E-state index in [9.17, 15) is 9.59 Å². The Labute approximate surface area is 203 Å². The number of hydrogen-bond acceptors (Lipinski definition) is 6. The zero-order valence-corrected chi connectivity index (χ0v) is 19.7. The van der Waals surface area contributed by atoms with Crippen LogP contribution in [0.25, 0.3) is 11.3 Å². The largest absolute Gasteiger partial charge is 0.488 e. The second-order valence-corrected chi connectivity index (χ2v) is 7.91. The molecule has 0 N–H and O–H groups in total. The molecule has 0 radical (unpaired) electrons. The second kappa shape index (κ2) is 11.2. The maximum Gasteiger partial charge on any atom is 0.345 e. The fraction of sp³-hybridized carbons (Fsp3) is 0.172. The van der Waals surface area contributed by atoms with Crippen LogP contribution in [0.5, 0.6) is 11.5 Å². The highest BCUT2D eigenvalue weighted by Gasteiger charge is 2.18. The maximum atomic E-state index is 12.6. The molecule has 4 aromatic rings. The van der Waals surface area contributed by atoms with Gasteiger partial charge in [0.25, 0.3) is 0 Å². The van der Waals surface area contributed by atoms with Crippen LogP contribution in [0.15, 0.2) is 94.3 Å². The molecule has 0 aliphatic carbocycles. The summed E-state index contributed by atoms with van der Waals surface area (Å²) in [5, 5.41) is 0. The number of carbonyl (C=O) groups is 1. The van der Waals surface area contributed by atoms with Gasteiger partial charge >= 0.3 is 5.97 Å². The number of rotatable bonds is 9. The van der Waals surface area contributed by atoms with Gasteiger partial charge in [0.2, 0.25) is 0 Å². The predicted octanol–water partition coefficient (Wildman–Crippen LogP) is 5.95. The Morgan fingerprint density at radius 3 is 2.00 bits per heavy atom. The molecular formula is C29H26O6. The van der Waals surface area contributed by atoms with Gasteiger partial charge in [0.1, 0.15) is 42.3 Å². The zero-order chi connectivity index (χ0) is 24.6. The Hall–Kier alpha value is -4.32. The lowest BCUT2D eigenvalue weighted by Gasteiger charge is -2.16. The number of aryl methyl sites for hydroxylation is 1. The van der Waals surface area contributed by atoms with Crippen LogP contribution in [0, 0.1) is 6.92 Å². The van der Waals surface area contributed by atoms with E-state index in [1.807, 2.05) is 73.7 Å². The molecule has 0 saturated heterocycles. The van der Waals surface area contributed by atoms with Crippen molar-refractivity contribution in [3.05, 3.63) is 118 Å². The lowest BCUT2D eigenvalue weighted by Crippen LogP contribution is -2.16. The van der Waals surface area contributed by atoms with Crippen LogP contribution in [0.3, 0.4) is 0 Å². The van der Waals surface area contributed by atoms with Gasteiger partial charge < -0.3 is 18.6 Å². The van der Waals surface area contributed by atoms with Gasteiger partial charge in [0.05, 0.1) is 12.2 Å². The summed E-state index contributed by atoms with van der Waals surface area (Å²) in [7, 11) is 0. The Bertz CT molecular complexity index is 1340. The highest BCUT2D eigenvalue weighted by molar-refractivity contribution is 5.89. The normalized spacial score (nSPS) is 10.6. The van der Waals surface area contributed by atoms with Crippen LogP contribution in [0.1, 0.15) is 34.0 Å². The van der Waals surface area contributed by atoms with E-state index in [-0.39, 0.29) is 17.9 Å². The van der Waals surface area contributed by atoms with E-state index in [2.05, 4.69) is 0 Å². The van der Waals surface area contributed by atoms with Crippen LogP contribution in [-0.2, 0) is 18.0 Å². The second-order valence-electron chi connectivity index (χ2n) is 7.91. The topological polar surface area (TPSA) is 75.0 Å². The average molecular weight is 471 g/mol. The van der Waals surface area contributed by atoms with Crippen molar-refractivity contribution in [2.24, 2.45) is 0 Å². The fourth-order valence-electron chi connectivity index (χ4n) is 3.52. The summed E-state index contributed by atoms with van der Waals surface area (Å²) >= 11 is 0. The SMILES string of the molecule is CCOC(=O)c1coc(-c2cc(C)c(OCc3ccccc3)cc2OCc2ccccc2)cc1=O. The third kappa shape index (κ3) is 5.98. The lowest BCUT2D eigenvalue weighted by atomic mass is 10.1. The van der Waals surface area contributed by atoms with Crippen molar-refractivity contribution in [1.82, 2.24) is 0 Å². The van der Waals surface area contributed by atoms with Crippen molar-refractivity contribution in [3.8, 4) is 22.8 Å². The molecule has 1 aromatic heterocycles. The van der Waals surface area contributed by atoms with Gasteiger partial charge in [-0.3, -0.25) is 4.79 Å². The van der Waals surface area contributed by atoms with Gasteiger partial charge in [0, 0.05) is 12.1 Å². The number of carbonyl (C=O) groups excluding carboxylic acids is 1. The third-order valence-corrected chi connectivity index (χ3v) is 5.34. The summed E-state index contributed by atoms with van der Waals surface area (Å²) in [6, 6.07) is 24.6. The monoisotopic (exact) mass is 470 g/mol. The minimum atomic E-state index is -0.714. The van der Waals surface area contributed by atoms with Gasteiger partial charge in [-0.15, -0.1) is 0 Å². The first kappa shape index (κ1) is 23.8. The molecule has 0 spiro atoms. The van der Waals surface area contributed by atoms with E-state index < -0.39 is 11.4 Å². The van der Waals surface area contributed by atoms with Crippen molar-refractivity contribution in [2.45, 2.75) is 27.1 Å². The summed E-state index contributed by atoms with van der Waals surface area (Å²) in [6.07, 6.45) is 1.13. The summed E-state index contributed by atoms with van der Waals surface area (Å²) < 4.78 is 22.8. The first-order valence-corrected chi connectivity index (χ1v) is 11.3. The summed E-state index contributed by atoms with van der Waals surface area (Å²) in [4.78, 5) is 24.6. The molecule has 1 heterocycles. The van der Waals surface area contributed by atoms with Gasteiger partial charge in [-0.05, 0) is 36.6 Å². The molecule has 0 aliphatic heterocycles.